The molecular weight excluding hydrogens is 324 g/mol. The molecule has 0 fully saturated rings. The van der Waals surface area contributed by atoms with E-state index in [2.05, 4.69) is 5.32 Å². The Bertz CT molecular complexity index is 727. The molecule has 2 unspecified atom stereocenters. The van der Waals surface area contributed by atoms with Crippen molar-refractivity contribution in [3.8, 4) is 0 Å². The molecular formula is C18H20N2O5. The highest BCUT2D eigenvalue weighted by Gasteiger charge is 2.30. The normalized spacial score (nSPS) is 12.9. The van der Waals surface area contributed by atoms with Gasteiger partial charge in [0.25, 0.3) is 5.91 Å². The third kappa shape index (κ3) is 4.69. The predicted molar refractivity (Wildman–Crippen MR) is 90.0 cm³/mol. The van der Waals surface area contributed by atoms with Gasteiger partial charge in [0.2, 0.25) is 5.91 Å². The zero-order chi connectivity index (χ0) is 18.4. The second-order valence-corrected chi connectivity index (χ2v) is 5.70. The maximum Gasteiger partial charge on any atom is 0.326 e. The van der Waals surface area contributed by atoms with Gasteiger partial charge in [0, 0.05) is 13.5 Å². The minimum Gasteiger partial charge on any atom is -0.480 e. The molecule has 0 aliphatic carbocycles. The van der Waals surface area contributed by atoms with Crippen LogP contribution in [-0.4, -0.2) is 46.9 Å². The molecule has 0 aliphatic heterocycles. The minimum atomic E-state index is -1.10. The Labute approximate surface area is 145 Å². The maximum atomic E-state index is 12.5. The summed E-state index contributed by atoms with van der Waals surface area (Å²) in [5, 5.41) is 12.0. The van der Waals surface area contributed by atoms with Crippen molar-refractivity contribution in [3.05, 3.63) is 60.1 Å². The largest absolute Gasteiger partial charge is 0.480 e. The third-order valence-electron chi connectivity index (χ3n) is 3.87. The van der Waals surface area contributed by atoms with Gasteiger partial charge in [-0.15, -0.1) is 0 Å². The Morgan fingerprint density at radius 2 is 1.88 bits per heavy atom. The molecule has 0 spiro atoms. The van der Waals surface area contributed by atoms with Crippen molar-refractivity contribution in [2.75, 3.05) is 7.05 Å². The van der Waals surface area contributed by atoms with E-state index in [1.165, 1.54) is 32.6 Å². The first-order chi connectivity index (χ1) is 11.9. The van der Waals surface area contributed by atoms with E-state index in [0.29, 0.717) is 5.56 Å². The van der Waals surface area contributed by atoms with E-state index in [9.17, 15) is 19.5 Å². The number of likely N-dealkylation sites (N-methyl/N-ethyl adjacent to an activating group) is 1. The van der Waals surface area contributed by atoms with Gasteiger partial charge >= 0.3 is 5.97 Å². The molecule has 7 nitrogen and oxygen atoms in total. The minimum absolute atomic E-state index is 0.181. The van der Waals surface area contributed by atoms with Crippen LogP contribution in [0.3, 0.4) is 0 Å². The number of carboxylic acids is 1. The molecule has 25 heavy (non-hydrogen) atoms. The summed E-state index contributed by atoms with van der Waals surface area (Å²) in [6.07, 6.45) is 2.81. The lowest BCUT2D eigenvalue weighted by atomic mass is 10.0. The van der Waals surface area contributed by atoms with Gasteiger partial charge < -0.3 is 19.7 Å². The quantitative estimate of drug-likeness (QED) is 0.794. The molecule has 7 heteroatoms. The Kier molecular flexibility index (Phi) is 5.94. The zero-order valence-corrected chi connectivity index (χ0v) is 14.0. The van der Waals surface area contributed by atoms with Crippen LogP contribution in [0.25, 0.3) is 0 Å². The number of rotatable bonds is 7. The highest BCUT2D eigenvalue weighted by atomic mass is 16.4. The van der Waals surface area contributed by atoms with E-state index in [1.54, 1.807) is 12.1 Å². The average molecular weight is 344 g/mol. The molecule has 132 valence electrons. The van der Waals surface area contributed by atoms with Crippen LogP contribution in [0.2, 0.25) is 0 Å². The molecule has 2 amide bonds. The second kappa shape index (κ2) is 8.14. The summed E-state index contributed by atoms with van der Waals surface area (Å²) in [7, 11) is 1.42. The summed E-state index contributed by atoms with van der Waals surface area (Å²) in [5.41, 5.74) is 1.10. The molecule has 1 aromatic heterocycles. The average Bonchev–Trinajstić information content (AvgIpc) is 3.13. The van der Waals surface area contributed by atoms with Gasteiger partial charge in [0.1, 0.15) is 18.3 Å². The van der Waals surface area contributed by atoms with E-state index in [1.807, 2.05) is 18.2 Å². The first kappa shape index (κ1) is 18.3. The topological polar surface area (TPSA) is 99.9 Å². The van der Waals surface area contributed by atoms with Crippen LogP contribution in [-0.2, 0) is 16.0 Å². The van der Waals surface area contributed by atoms with Gasteiger partial charge in [-0.25, -0.2) is 4.79 Å². The van der Waals surface area contributed by atoms with Gasteiger partial charge in [0.05, 0.1) is 11.8 Å². The van der Waals surface area contributed by atoms with Crippen LogP contribution >= 0.6 is 0 Å². The fraction of sp³-hybridized carbons (Fsp3) is 0.278. The highest BCUT2D eigenvalue weighted by Crippen LogP contribution is 2.10. The number of nitrogens with zero attached hydrogens (tertiary/aromatic N) is 1. The molecule has 1 aromatic carbocycles. The van der Waals surface area contributed by atoms with Crippen LogP contribution in [0.15, 0.2) is 53.3 Å². The zero-order valence-electron chi connectivity index (χ0n) is 14.0. The summed E-state index contributed by atoms with van der Waals surface area (Å²) in [6, 6.07) is 8.64. The Balaban J connectivity index is 2.04. The monoisotopic (exact) mass is 344 g/mol. The summed E-state index contributed by atoms with van der Waals surface area (Å²) in [4.78, 5) is 37.2. The molecule has 2 atom stereocenters. The molecule has 0 bridgehead atoms. The van der Waals surface area contributed by atoms with Crippen molar-refractivity contribution in [2.24, 2.45) is 0 Å². The summed E-state index contributed by atoms with van der Waals surface area (Å²) >= 11 is 0. The molecule has 2 rings (SSSR count). The number of carbonyl (C=O) groups excluding carboxylic acids is 2. The molecule has 0 radical (unpaired) electrons. The Morgan fingerprint density at radius 3 is 2.44 bits per heavy atom. The number of benzene rings is 1. The number of nitrogens with one attached hydrogen (secondary N) is 1. The third-order valence-corrected chi connectivity index (χ3v) is 3.87. The molecule has 0 aliphatic rings. The number of hydrogen-bond acceptors (Lipinski definition) is 4. The molecule has 0 saturated carbocycles. The van der Waals surface area contributed by atoms with Gasteiger partial charge in [-0.3, -0.25) is 9.59 Å². The van der Waals surface area contributed by atoms with Crippen molar-refractivity contribution in [1.29, 1.82) is 0 Å². The number of carbonyl (C=O) groups is 3. The van der Waals surface area contributed by atoms with E-state index in [-0.39, 0.29) is 6.42 Å². The highest BCUT2D eigenvalue weighted by molar-refractivity contribution is 5.97. The molecule has 2 aromatic rings. The summed E-state index contributed by atoms with van der Waals surface area (Å²) < 4.78 is 4.83. The van der Waals surface area contributed by atoms with Crippen molar-refractivity contribution in [3.63, 3.8) is 0 Å². The summed E-state index contributed by atoms with van der Waals surface area (Å²) in [6.45, 7) is 1.51. The SMILES string of the molecule is CC(NC(=O)c1ccoc1)C(=O)N(C)C(Cc1ccccc1)C(=O)O. The van der Waals surface area contributed by atoms with E-state index < -0.39 is 29.9 Å². The number of hydrogen-bond donors (Lipinski definition) is 2. The van der Waals surface area contributed by atoms with Crippen LogP contribution in [0, 0.1) is 0 Å². The van der Waals surface area contributed by atoms with Crippen LogP contribution < -0.4 is 5.32 Å². The fourth-order valence-electron chi connectivity index (χ4n) is 2.42. The number of furan rings is 1. The number of aliphatic carboxylic acids is 1. The first-order valence-electron chi connectivity index (χ1n) is 7.76. The first-order valence-corrected chi connectivity index (χ1v) is 7.76. The molecule has 2 N–H and O–H groups in total. The number of carboxylic acid groups (broad SMARTS) is 1. The smallest absolute Gasteiger partial charge is 0.326 e. The maximum absolute atomic E-state index is 12.5. The lowest BCUT2D eigenvalue weighted by Gasteiger charge is -2.27. The van der Waals surface area contributed by atoms with Gasteiger partial charge in [-0.2, -0.15) is 0 Å². The lowest BCUT2D eigenvalue weighted by molar-refractivity contribution is -0.149. The standard InChI is InChI=1S/C18H20N2O5/c1-12(19-16(21)14-8-9-25-11-14)17(22)20(2)15(18(23)24)10-13-6-4-3-5-7-13/h3-9,11-12,15H,10H2,1-2H3,(H,19,21)(H,23,24). The Morgan fingerprint density at radius 1 is 1.20 bits per heavy atom. The van der Waals surface area contributed by atoms with E-state index in [4.69, 9.17) is 4.42 Å². The second-order valence-electron chi connectivity index (χ2n) is 5.70. The Hall–Kier alpha value is -3.09. The van der Waals surface area contributed by atoms with E-state index >= 15 is 0 Å². The van der Waals surface area contributed by atoms with Crippen molar-refractivity contribution in [2.45, 2.75) is 25.4 Å². The lowest BCUT2D eigenvalue weighted by Crippen LogP contribution is -2.51. The van der Waals surface area contributed by atoms with Crippen molar-refractivity contribution >= 4 is 17.8 Å². The predicted octanol–water partition coefficient (Wildman–Crippen LogP) is 1.55. The van der Waals surface area contributed by atoms with Gasteiger partial charge in [0.15, 0.2) is 0 Å². The van der Waals surface area contributed by atoms with Crippen LogP contribution in [0.5, 0.6) is 0 Å². The van der Waals surface area contributed by atoms with Crippen LogP contribution in [0.4, 0.5) is 0 Å². The molecule has 1 heterocycles. The van der Waals surface area contributed by atoms with Gasteiger partial charge in [-0.05, 0) is 18.6 Å². The molecule has 0 saturated heterocycles. The van der Waals surface area contributed by atoms with Crippen molar-refractivity contribution in [1.82, 2.24) is 10.2 Å². The van der Waals surface area contributed by atoms with Crippen LogP contribution in [0.1, 0.15) is 22.8 Å². The van der Waals surface area contributed by atoms with Gasteiger partial charge in [-0.1, -0.05) is 30.3 Å². The number of amides is 2. The van der Waals surface area contributed by atoms with E-state index in [0.717, 1.165) is 10.5 Å². The van der Waals surface area contributed by atoms with Crippen molar-refractivity contribution < 1.29 is 23.9 Å². The fourth-order valence-corrected chi connectivity index (χ4v) is 2.42. The summed E-state index contributed by atoms with van der Waals surface area (Å²) in [5.74, 6) is -2.05.